The van der Waals surface area contributed by atoms with Crippen molar-refractivity contribution >= 4 is 23.3 Å². The van der Waals surface area contributed by atoms with E-state index in [1.54, 1.807) is 4.57 Å². The van der Waals surface area contributed by atoms with Crippen LogP contribution in [0.5, 0.6) is 0 Å². The molecule has 1 heterocycles. The van der Waals surface area contributed by atoms with Gasteiger partial charge in [0.25, 0.3) is 0 Å². The maximum Gasteiger partial charge on any atom is 0.178 e. The van der Waals surface area contributed by atoms with Gasteiger partial charge in [-0.15, -0.1) is 0 Å². The van der Waals surface area contributed by atoms with Crippen LogP contribution >= 0.6 is 12.2 Å². The zero-order chi connectivity index (χ0) is 14.3. The third-order valence-electron chi connectivity index (χ3n) is 4.02. The van der Waals surface area contributed by atoms with Crippen LogP contribution in [0.4, 0.5) is 8.78 Å². The van der Waals surface area contributed by atoms with Crippen LogP contribution < -0.4 is 0 Å². The highest BCUT2D eigenvalue weighted by atomic mass is 32.1. The number of H-pyrrole nitrogens is 1. The van der Waals surface area contributed by atoms with Crippen molar-refractivity contribution in [2.45, 2.75) is 44.2 Å². The first-order valence-electron chi connectivity index (χ1n) is 6.85. The molecule has 0 spiro atoms. The molecule has 1 saturated carbocycles. The highest BCUT2D eigenvalue weighted by Crippen LogP contribution is 2.31. The molecular weight excluding hydrogens is 282 g/mol. The Kier molecular flexibility index (Phi) is 3.60. The van der Waals surface area contributed by atoms with Crippen LogP contribution in [0.3, 0.4) is 0 Å². The zero-order valence-corrected chi connectivity index (χ0v) is 11.7. The highest BCUT2D eigenvalue weighted by molar-refractivity contribution is 7.71. The highest BCUT2D eigenvalue weighted by Gasteiger charge is 2.26. The van der Waals surface area contributed by atoms with Gasteiger partial charge in [-0.25, -0.2) is 8.78 Å². The minimum absolute atomic E-state index is 0.202. The molecule has 1 aliphatic carbocycles. The van der Waals surface area contributed by atoms with Crippen molar-refractivity contribution in [3.05, 3.63) is 28.5 Å². The summed E-state index contributed by atoms with van der Waals surface area (Å²) in [5.41, 5.74) is 0.589. The van der Waals surface area contributed by atoms with E-state index in [0.717, 1.165) is 31.7 Å². The summed E-state index contributed by atoms with van der Waals surface area (Å²) in [4.78, 5) is 2.79. The van der Waals surface area contributed by atoms with Gasteiger partial charge in [0.05, 0.1) is 17.7 Å². The second-order valence-corrected chi connectivity index (χ2v) is 5.74. The molecule has 1 aliphatic rings. The molecule has 2 unspecified atom stereocenters. The molecule has 108 valence electrons. The van der Waals surface area contributed by atoms with Gasteiger partial charge in [-0.3, -0.25) is 0 Å². The number of rotatable bonds is 1. The predicted octanol–water partition coefficient (Wildman–Crippen LogP) is 3.84. The fourth-order valence-corrected chi connectivity index (χ4v) is 3.39. The summed E-state index contributed by atoms with van der Waals surface area (Å²) in [6, 6.07) is 1.88. The summed E-state index contributed by atoms with van der Waals surface area (Å²) < 4.78 is 29.3. The average Bonchev–Trinajstić information content (AvgIpc) is 2.56. The van der Waals surface area contributed by atoms with Crippen molar-refractivity contribution in [2.75, 3.05) is 0 Å². The fraction of sp³-hybridized carbons (Fsp3) is 0.500. The van der Waals surface area contributed by atoms with Gasteiger partial charge >= 0.3 is 0 Å². The third-order valence-corrected chi connectivity index (χ3v) is 4.32. The molecule has 0 amide bonds. The Labute approximate surface area is 120 Å². The lowest BCUT2D eigenvalue weighted by Gasteiger charge is -2.22. The summed E-state index contributed by atoms with van der Waals surface area (Å²) in [5.74, 6) is -1.30. The maximum absolute atomic E-state index is 13.8. The van der Waals surface area contributed by atoms with E-state index in [1.165, 1.54) is 6.07 Å². The molecule has 1 aromatic carbocycles. The minimum atomic E-state index is -0.659. The van der Waals surface area contributed by atoms with E-state index in [4.69, 9.17) is 12.2 Å². The first-order valence-corrected chi connectivity index (χ1v) is 7.26. The molecule has 1 fully saturated rings. The van der Waals surface area contributed by atoms with Crippen LogP contribution in [-0.4, -0.2) is 20.8 Å². The molecule has 0 radical (unpaired) electrons. The Hall–Kier alpha value is -1.27. The van der Waals surface area contributed by atoms with Gasteiger partial charge in [-0.1, -0.05) is 19.3 Å². The zero-order valence-electron chi connectivity index (χ0n) is 10.9. The van der Waals surface area contributed by atoms with Gasteiger partial charge in [-0.2, -0.15) is 0 Å². The average molecular weight is 298 g/mol. The summed E-state index contributed by atoms with van der Waals surface area (Å²) in [5, 5.41) is 10.3. The molecule has 0 bridgehead atoms. The number of aromatic amines is 1. The first-order chi connectivity index (χ1) is 9.58. The number of hydrogen-bond acceptors (Lipinski definition) is 2. The van der Waals surface area contributed by atoms with Crippen LogP contribution in [0.1, 0.15) is 38.1 Å². The molecule has 2 N–H and O–H groups in total. The molecule has 1 aromatic heterocycles. The van der Waals surface area contributed by atoms with Gasteiger partial charge in [0.2, 0.25) is 0 Å². The van der Waals surface area contributed by atoms with Gasteiger partial charge in [0.1, 0.15) is 11.3 Å². The molecule has 0 saturated heterocycles. The molecule has 3 rings (SSSR count). The predicted molar refractivity (Wildman–Crippen MR) is 75.2 cm³/mol. The lowest BCUT2D eigenvalue weighted by molar-refractivity contribution is 0.107. The minimum Gasteiger partial charge on any atom is -0.391 e. The van der Waals surface area contributed by atoms with E-state index in [9.17, 15) is 13.9 Å². The Morgan fingerprint density at radius 3 is 2.75 bits per heavy atom. The number of imidazole rings is 1. The number of aliphatic hydroxyl groups excluding tert-OH is 1. The Balaban J connectivity index is 2.19. The lowest BCUT2D eigenvalue weighted by atomic mass is 10.1. The van der Waals surface area contributed by atoms with Crippen LogP contribution in [0.2, 0.25) is 0 Å². The van der Waals surface area contributed by atoms with Crippen LogP contribution in [0.25, 0.3) is 11.0 Å². The molecule has 0 aliphatic heterocycles. The Morgan fingerprint density at radius 2 is 1.95 bits per heavy atom. The van der Waals surface area contributed by atoms with Crippen molar-refractivity contribution < 1.29 is 13.9 Å². The molecule has 3 nitrogen and oxygen atoms in total. The number of nitrogens with one attached hydrogen (secondary N) is 1. The van der Waals surface area contributed by atoms with E-state index in [1.807, 2.05) is 0 Å². The number of nitrogens with zero attached hydrogens (tertiary/aromatic N) is 1. The molecule has 6 heteroatoms. The number of benzene rings is 1. The van der Waals surface area contributed by atoms with E-state index in [2.05, 4.69) is 4.98 Å². The van der Waals surface area contributed by atoms with E-state index >= 15 is 0 Å². The summed E-state index contributed by atoms with van der Waals surface area (Å²) >= 11 is 5.24. The molecule has 2 aromatic rings. The van der Waals surface area contributed by atoms with Crippen molar-refractivity contribution in [3.63, 3.8) is 0 Å². The largest absolute Gasteiger partial charge is 0.391 e. The smallest absolute Gasteiger partial charge is 0.178 e. The van der Waals surface area contributed by atoms with Gasteiger partial charge in [-0.05, 0) is 31.1 Å². The van der Waals surface area contributed by atoms with Crippen LogP contribution in [-0.2, 0) is 0 Å². The Bertz CT molecular complexity index is 694. The summed E-state index contributed by atoms with van der Waals surface area (Å²) in [6.07, 6.45) is 3.93. The van der Waals surface area contributed by atoms with Crippen molar-refractivity contribution in [1.82, 2.24) is 9.55 Å². The third kappa shape index (κ3) is 2.27. The van der Waals surface area contributed by atoms with Crippen LogP contribution in [0, 0.1) is 16.4 Å². The Morgan fingerprint density at radius 1 is 1.20 bits per heavy atom. The summed E-state index contributed by atoms with van der Waals surface area (Å²) in [7, 11) is 0. The normalized spacial score (nSPS) is 23.9. The van der Waals surface area contributed by atoms with E-state index in [-0.39, 0.29) is 11.6 Å². The molecular formula is C14H16F2N2OS. The maximum atomic E-state index is 13.8. The van der Waals surface area contributed by atoms with E-state index < -0.39 is 17.7 Å². The second kappa shape index (κ2) is 5.26. The molecule has 20 heavy (non-hydrogen) atoms. The first kappa shape index (κ1) is 13.7. The number of aromatic nitrogens is 2. The van der Waals surface area contributed by atoms with Gasteiger partial charge in [0.15, 0.2) is 10.6 Å². The van der Waals surface area contributed by atoms with Crippen molar-refractivity contribution in [2.24, 2.45) is 0 Å². The van der Waals surface area contributed by atoms with Gasteiger partial charge in [0, 0.05) is 6.07 Å². The quantitative estimate of drug-likeness (QED) is 0.620. The topological polar surface area (TPSA) is 41.0 Å². The van der Waals surface area contributed by atoms with Gasteiger partial charge < -0.3 is 14.7 Å². The number of fused-ring (bicyclic) bond motifs is 1. The second-order valence-electron chi connectivity index (χ2n) is 5.35. The number of halogens is 2. The summed E-state index contributed by atoms with van der Waals surface area (Å²) in [6.45, 7) is 0. The molecule has 2 atom stereocenters. The van der Waals surface area contributed by atoms with Crippen molar-refractivity contribution in [3.8, 4) is 0 Å². The number of hydrogen-bond donors (Lipinski definition) is 2. The monoisotopic (exact) mass is 298 g/mol. The van der Waals surface area contributed by atoms with Crippen molar-refractivity contribution in [1.29, 1.82) is 0 Å². The SMILES string of the molecule is OC1CCCCCC1n1c(=S)[nH]c2c(F)cc(F)cc21. The standard InChI is InChI=1S/C14H16F2N2OS/c15-8-6-9(16)13-11(7-8)18(14(20)17-13)10-4-2-1-3-5-12(10)19/h6-7,10,12,19H,1-5H2,(H,17,20). The van der Waals surface area contributed by atoms with Crippen LogP contribution in [0.15, 0.2) is 12.1 Å². The van der Waals surface area contributed by atoms with E-state index in [0.29, 0.717) is 16.7 Å². The lowest BCUT2D eigenvalue weighted by Crippen LogP contribution is -2.23. The fourth-order valence-electron chi connectivity index (χ4n) is 3.05. The number of aliphatic hydroxyl groups is 1.